The van der Waals surface area contributed by atoms with Crippen LogP contribution in [-0.2, 0) is 11.4 Å². The number of aliphatic hydroxyl groups is 1. The van der Waals surface area contributed by atoms with Crippen molar-refractivity contribution >= 4 is 11.6 Å². The molecule has 0 aliphatic heterocycles. The summed E-state index contributed by atoms with van der Waals surface area (Å²) in [6.07, 6.45) is -0.689. The molecule has 0 aromatic heterocycles. The van der Waals surface area contributed by atoms with Gasteiger partial charge >= 0.3 is 0 Å². The van der Waals surface area contributed by atoms with Crippen molar-refractivity contribution in [1.29, 1.82) is 5.26 Å². The fourth-order valence-electron chi connectivity index (χ4n) is 1.86. The summed E-state index contributed by atoms with van der Waals surface area (Å²) >= 11 is 0. The van der Waals surface area contributed by atoms with Gasteiger partial charge in [-0.1, -0.05) is 12.1 Å². The van der Waals surface area contributed by atoms with Gasteiger partial charge in [0.2, 0.25) is 0 Å². The Balaban J connectivity index is 1.97. The van der Waals surface area contributed by atoms with Gasteiger partial charge in [0.05, 0.1) is 18.2 Å². The molecule has 112 valence electrons. The van der Waals surface area contributed by atoms with Crippen molar-refractivity contribution in [3.8, 4) is 11.8 Å². The second-order valence-electron chi connectivity index (χ2n) is 4.74. The average molecular weight is 296 g/mol. The third-order valence-electron chi connectivity index (χ3n) is 3.04. The molecule has 0 aliphatic rings. The van der Waals surface area contributed by atoms with Crippen molar-refractivity contribution in [3.63, 3.8) is 0 Å². The number of anilines is 1. The van der Waals surface area contributed by atoms with Crippen molar-refractivity contribution < 1.29 is 14.6 Å². The minimum absolute atomic E-state index is 0.0823. The number of nitrogens with one attached hydrogen (secondary N) is 1. The summed E-state index contributed by atoms with van der Waals surface area (Å²) in [5.74, 6) is 0.227. The Morgan fingerprint density at radius 3 is 2.68 bits per heavy atom. The lowest BCUT2D eigenvalue weighted by molar-refractivity contribution is -0.122. The Morgan fingerprint density at radius 1 is 1.32 bits per heavy atom. The first-order chi connectivity index (χ1) is 10.6. The molecular formula is C17H16N2O3. The number of nitrogens with zero attached hydrogens (tertiary/aromatic N) is 1. The van der Waals surface area contributed by atoms with Gasteiger partial charge in [0.15, 0.2) is 6.10 Å². The highest BCUT2D eigenvalue weighted by Gasteiger charge is 2.15. The molecule has 1 amide bonds. The van der Waals surface area contributed by atoms with Gasteiger partial charge in [-0.05, 0) is 48.9 Å². The smallest absolute Gasteiger partial charge is 0.265 e. The zero-order valence-electron chi connectivity index (χ0n) is 12.1. The highest BCUT2D eigenvalue weighted by molar-refractivity contribution is 5.94. The largest absolute Gasteiger partial charge is 0.481 e. The first-order valence-electron chi connectivity index (χ1n) is 6.80. The fourth-order valence-corrected chi connectivity index (χ4v) is 1.86. The van der Waals surface area contributed by atoms with Gasteiger partial charge in [0.1, 0.15) is 5.75 Å². The van der Waals surface area contributed by atoms with Crippen LogP contribution in [0, 0.1) is 11.3 Å². The van der Waals surface area contributed by atoms with Crippen LogP contribution in [0.25, 0.3) is 0 Å². The quantitative estimate of drug-likeness (QED) is 0.888. The van der Waals surface area contributed by atoms with Crippen LogP contribution in [0.4, 0.5) is 5.69 Å². The average Bonchev–Trinajstić information content (AvgIpc) is 2.55. The molecule has 2 aromatic carbocycles. The van der Waals surface area contributed by atoms with Crippen LogP contribution in [0.2, 0.25) is 0 Å². The molecule has 0 saturated heterocycles. The third-order valence-corrected chi connectivity index (χ3v) is 3.04. The molecule has 22 heavy (non-hydrogen) atoms. The molecule has 0 spiro atoms. The maximum atomic E-state index is 12.1. The maximum absolute atomic E-state index is 12.1. The first kappa shape index (κ1) is 15.5. The van der Waals surface area contributed by atoms with E-state index in [0.717, 1.165) is 5.56 Å². The Kier molecular flexibility index (Phi) is 5.12. The number of benzene rings is 2. The second-order valence-corrected chi connectivity index (χ2v) is 4.74. The zero-order chi connectivity index (χ0) is 15.9. The van der Waals surface area contributed by atoms with E-state index in [-0.39, 0.29) is 12.5 Å². The van der Waals surface area contributed by atoms with E-state index < -0.39 is 6.10 Å². The molecule has 0 heterocycles. The lowest BCUT2D eigenvalue weighted by Gasteiger charge is -2.15. The van der Waals surface area contributed by atoms with Crippen LogP contribution < -0.4 is 10.1 Å². The molecule has 1 unspecified atom stereocenters. The number of nitriles is 1. The molecular weight excluding hydrogens is 280 g/mol. The highest BCUT2D eigenvalue weighted by atomic mass is 16.5. The van der Waals surface area contributed by atoms with Crippen LogP contribution in [0.15, 0.2) is 48.5 Å². The summed E-state index contributed by atoms with van der Waals surface area (Å²) in [5.41, 5.74) is 1.86. The van der Waals surface area contributed by atoms with E-state index in [0.29, 0.717) is 17.0 Å². The Hall–Kier alpha value is -2.84. The molecule has 5 nitrogen and oxygen atoms in total. The molecule has 2 aromatic rings. The van der Waals surface area contributed by atoms with Crippen LogP contribution in [-0.4, -0.2) is 17.1 Å². The number of carbonyl (C=O) groups excluding carboxylic acids is 1. The van der Waals surface area contributed by atoms with Crippen molar-refractivity contribution in [3.05, 3.63) is 59.7 Å². The number of aliphatic hydroxyl groups excluding tert-OH is 1. The lowest BCUT2D eigenvalue weighted by Crippen LogP contribution is -2.30. The summed E-state index contributed by atoms with van der Waals surface area (Å²) in [7, 11) is 0. The Morgan fingerprint density at radius 2 is 2.05 bits per heavy atom. The summed E-state index contributed by atoms with van der Waals surface area (Å²) < 4.78 is 5.53. The van der Waals surface area contributed by atoms with Gasteiger partial charge in [-0.25, -0.2) is 0 Å². The Bertz CT molecular complexity index is 690. The zero-order valence-corrected chi connectivity index (χ0v) is 12.1. The predicted molar refractivity (Wildman–Crippen MR) is 82.2 cm³/mol. The minimum Gasteiger partial charge on any atom is -0.481 e. The highest BCUT2D eigenvalue weighted by Crippen LogP contribution is 2.15. The topological polar surface area (TPSA) is 82.3 Å². The third kappa shape index (κ3) is 4.08. The van der Waals surface area contributed by atoms with Gasteiger partial charge < -0.3 is 15.2 Å². The molecule has 0 bridgehead atoms. The van der Waals surface area contributed by atoms with Crippen molar-refractivity contribution in [1.82, 2.24) is 0 Å². The Labute approximate surface area is 128 Å². The van der Waals surface area contributed by atoms with Gasteiger partial charge in [-0.2, -0.15) is 5.26 Å². The van der Waals surface area contributed by atoms with Crippen molar-refractivity contribution in [2.45, 2.75) is 19.6 Å². The first-order valence-corrected chi connectivity index (χ1v) is 6.80. The van der Waals surface area contributed by atoms with Gasteiger partial charge in [0, 0.05) is 5.69 Å². The monoisotopic (exact) mass is 296 g/mol. The summed E-state index contributed by atoms with van der Waals surface area (Å²) in [6, 6.07) is 15.5. The molecule has 2 rings (SSSR count). The molecule has 0 fully saturated rings. The predicted octanol–water partition coefficient (Wildman–Crippen LogP) is 2.46. The minimum atomic E-state index is -0.689. The molecule has 0 saturated carbocycles. The number of rotatable bonds is 5. The van der Waals surface area contributed by atoms with E-state index >= 15 is 0 Å². The molecule has 5 heteroatoms. The summed E-state index contributed by atoms with van der Waals surface area (Å²) in [5, 5.41) is 20.5. The van der Waals surface area contributed by atoms with E-state index in [1.807, 2.05) is 6.07 Å². The van der Waals surface area contributed by atoms with Crippen molar-refractivity contribution in [2.75, 3.05) is 5.32 Å². The van der Waals surface area contributed by atoms with Crippen LogP contribution in [0.1, 0.15) is 18.1 Å². The molecule has 0 aliphatic carbocycles. The standard InChI is InChI=1S/C17H16N2O3/c1-12(22-16-7-5-13(10-18)6-8-16)17(21)19-15-4-2-3-14(9-15)11-20/h2-9,12,20H,11H2,1H3,(H,19,21). The molecule has 2 N–H and O–H groups in total. The molecule has 1 atom stereocenters. The van der Waals surface area contributed by atoms with Crippen LogP contribution in [0.3, 0.4) is 0 Å². The van der Waals surface area contributed by atoms with Crippen LogP contribution in [0.5, 0.6) is 5.75 Å². The summed E-state index contributed by atoms with van der Waals surface area (Å²) in [6.45, 7) is 1.56. The second kappa shape index (κ2) is 7.25. The van der Waals surface area contributed by atoms with E-state index in [1.54, 1.807) is 55.5 Å². The van der Waals surface area contributed by atoms with Crippen LogP contribution >= 0.6 is 0 Å². The van der Waals surface area contributed by atoms with E-state index in [4.69, 9.17) is 15.1 Å². The summed E-state index contributed by atoms with van der Waals surface area (Å²) in [4.78, 5) is 12.1. The normalized spacial score (nSPS) is 11.3. The SMILES string of the molecule is CC(Oc1ccc(C#N)cc1)C(=O)Nc1cccc(CO)c1. The van der Waals surface area contributed by atoms with E-state index in [9.17, 15) is 4.79 Å². The van der Waals surface area contributed by atoms with Gasteiger partial charge in [0.25, 0.3) is 5.91 Å². The van der Waals surface area contributed by atoms with E-state index in [1.165, 1.54) is 0 Å². The number of ether oxygens (including phenoxy) is 1. The van der Waals surface area contributed by atoms with E-state index in [2.05, 4.69) is 5.32 Å². The lowest BCUT2D eigenvalue weighted by atomic mass is 10.2. The molecule has 0 radical (unpaired) electrons. The van der Waals surface area contributed by atoms with Crippen molar-refractivity contribution in [2.24, 2.45) is 0 Å². The fraction of sp³-hybridized carbons (Fsp3) is 0.176. The number of hydrogen-bond donors (Lipinski definition) is 2. The number of carbonyl (C=O) groups is 1. The number of amides is 1. The van der Waals surface area contributed by atoms with Gasteiger partial charge in [-0.15, -0.1) is 0 Å². The van der Waals surface area contributed by atoms with Gasteiger partial charge in [-0.3, -0.25) is 4.79 Å². The maximum Gasteiger partial charge on any atom is 0.265 e. The number of hydrogen-bond acceptors (Lipinski definition) is 4.